The number of benzene rings is 7. The first kappa shape index (κ1) is 92.8. The Kier molecular flexibility index (Phi) is 42.3. The number of aryl methyl sites for hydroxylation is 4. The van der Waals surface area contributed by atoms with Crippen molar-refractivity contribution in [3.05, 3.63) is 242 Å². The molecule has 8 aromatic rings. The molecule has 0 bridgehead atoms. The summed E-state index contributed by atoms with van der Waals surface area (Å²) in [7, 11) is 0. The van der Waals surface area contributed by atoms with E-state index in [9.17, 15) is 71.9 Å². The summed E-state index contributed by atoms with van der Waals surface area (Å²) in [6.07, 6.45) is 4.83. The highest BCUT2D eigenvalue weighted by atomic mass is 35.5. The molecular weight excluding hydrogens is 1450 g/mol. The summed E-state index contributed by atoms with van der Waals surface area (Å²) < 4.78 is 0. The number of amides is 9. The van der Waals surface area contributed by atoms with Crippen molar-refractivity contribution < 1.29 is 71.9 Å². The number of hydrogen-bond donors (Lipinski definition) is 12. The molecule has 0 atom stereocenters. The summed E-state index contributed by atoms with van der Waals surface area (Å²) in [4.78, 5) is 174. The molecule has 0 unspecified atom stereocenters. The Morgan fingerprint density at radius 1 is 0.357 bits per heavy atom. The molecule has 0 fully saturated rings. The van der Waals surface area contributed by atoms with Gasteiger partial charge in [-0.25, -0.2) is 0 Å². The molecule has 15 N–H and O–H groups in total. The number of carbonyl (C=O) groups excluding carboxylic acids is 15. The van der Waals surface area contributed by atoms with Crippen LogP contribution < -0.4 is 65.1 Å². The van der Waals surface area contributed by atoms with E-state index in [0.29, 0.717) is 136 Å². The molecule has 1 heterocycles. The lowest BCUT2D eigenvalue weighted by molar-refractivity contribution is -0.121. The summed E-state index contributed by atoms with van der Waals surface area (Å²) in [6, 6.07) is 46.6. The number of rotatable bonds is 33. The maximum absolute atomic E-state index is 12.3. The Labute approximate surface area is 655 Å². The second-order valence-electron chi connectivity index (χ2n) is 24.6. The standard InChI is InChI=1S/C18H18N2O3.C16H17N3O2.C14H18N2O3.C13H16N2O3.C11H13ClN2O2.C11H14N2O2/c1-13-7-8-16(20-12-21)15(11-13)17(22)9-10-19-18(23)14-5-3-2-4-6-14;1-11-5-6-13(17)12(10-11)15(20)7-9-19-16(21)14-4-2-3-8-18-14;1-3-14(19)15-7-6-13(18)11-8-10(2)4-5-12(11)16-9-17;1-9-3-4-12(15-8-16)11(7-9)13(18)5-6-14-10(2)17;1-7(15)14-5-4-11(16)9-6-8(12)2-3-10(9)13;1-8(14)13-7-6-11(15)9-4-2-3-5-10(9)12/h2-8,11-12H,9-10H2,1H3,(H,19,23)(H,20,21);2-6,8,10H,7,9,17H2,1H3,(H,19,21);4-5,8-9H,3,6-7H2,1-2H3,(H,15,19)(H,16,17);3-4,7-8H,5-6H2,1-2H3,(H,14,17)(H,15,16);2-3,6H,4-5,13H2,1H3,(H,14,15);2-5H,6-7,12H2,1H3,(H,13,14). The van der Waals surface area contributed by atoms with Gasteiger partial charge in [0.25, 0.3) is 11.8 Å². The molecule has 0 spiro atoms. The number of carbonyl (C=O) groups is 15. The number of hydrogen-bond acceptors (Lipinski definition) is 19. The van der Waals surface area contributed by atoms with Crippen LogP contribution in [0.15, 0.2) is 170 Å². The third kappa shape index (κ3) is 35.6. The van der Waals surface area contributed by atoms with Crippen molar-refractivity contribution in [1.29, 1.82) is 0 Å². The monoisotopic (exact) mass is 1550 g/mol. The van der Waals surface area contributed by atoms with Gasteiger partial charge >= 0.3 is 0 Å². The fraction of sp³-hybridized carbons (Fsp3) is 0.253. The molecule has 1 aromatic heterocycles. The SMILES string of the molecule is CC(=O)NCCC(=O)c1cc(C)ccc1NC=O.CC(=O)NCCC(=O)c1cc(Cl)ccc1N.CC(=O)NCCC(=O)c1ccccc1N.CCC(=O)NCCC(=O)c1cc(C)ccc1NC=O.Cc1ccc(N)c(C(=O)CCNC(=O)c2ccccn2)c1.Cc1ccc(NC=O)c(C(=O)CCNC(=O)c2ccccc2)c1. The van der Waals surface area contributed by atoms with Crippen LogP contribution in [0.1, 0.15) is 178 Å². The molecule has 0 aliphatic heterocycles. The number of halogens is 1. The summed E-state index contributed by atoms with van der Waals surface area (Å²) in [5.74, 6) is -1.67. The summed E-state index contributed by atoms with van der Waals surface area (Å²) in [5.41, 5.74) is 27.4. The van der Waals surface area contributed by atoms with Crippen LogP contribution in [0.5, 0.6) is 0 Å². The van der Waals surface area contributed by atoms with Crippen molar-refractivity contribution in [2.45, 2.75) is 100 Å². The Bertz CT molecular complexity index is 4580. The van der Waals surface area contributed by atoms with Crippen LogP contribution in [0.3, 0.4) is 0 Å². The number of pyridine rings is 1. The van der Waals surface area contributed by atoms with E-state index in [-0.39, 0.29) is 122 Å². The molecule has 0 saturated carbocycles. The predicted molar refractivity (Wildman–Crippen MR) is 433 cm³/mol. The predicted octanol–water partition coefficient (Wildman–Crippen LogP) is 10.1. The molecule has 0 saturated heterocycles. The quantitative estimate of drug-likeness (QED) is 0.0103. The van der Waals surface area contributed by atoms with Crippen molar-refractivity contribution >= 4 is 135 Å². The van der Waals surface area contributed by atoms with E-state index in [2.05, 4.69) is 52.8 Å². The summed E-state index contributed by atoms with van der Waals surface area (Å²) >= 11 is 5.77. The Balaban J connectivity index is 0.000000350. The van der Waals surface area contributed by atoms with Crippen molar-refractivity contribution in [2.75, 3.05) is 72.4 Å². The maximum Gasteiger partial charge on any atom is 0.269 e. The Morgan fingerprint density at radius 2 is 0.688 bits per heavy atom. The molecule has 112 heavy (non-hydrogen) atoms. The number of nitrogens with zero attached hydrogens (tertiary/aromatic N) is 1. The van der Waals surface area contributed by atoms with Gasteiger partial charge in [0.15, 0.2) is 34.7 Å². The highest BCUT2D eigenvalue weighted by molar-refractivity contribution is 6.31. The topological polar surface area (TPSA) is 455 Å². The van der Waals surface area contributed by atoms with Crippen LogP contribution in [0.25, 0.3) is 0 Å². The zero-order chi connectivity index (χ0) is 83.1. The van der Waals surface area contributed by atoms with Crippen molar-refractivity contribution in [2.24, 2.45) is 0 Å². The van der Waals surface area contributed by atoms with Crippen molar-refractivity contribution in [3.8, 4) is 0 Å². The minimum absolute atomic E-state index is 0.0538. The number of nitrogens with one attached hydrogen (secondary N) is 9. The van der Waals surface area contributed by atoms with Gasteiger partial charge in [-0.3, -0.25) is 76.9 Å². The zero-order valence-corrected chi connectivity index (χ0v) is 64.5. The largest absolute Gasteiger partial charge is 0.398 e. The van der Waals surface area contributed by atoms with Gasteiger partial charge in [0.05, 0.1) is 17.1 Å². The molecule has 8 rings (SSSR count). The van der Waals surface area contributed by atoms with Gasteiger partial charge in [0.1, 0.15) is 5.69 Å². The first-order valence-corrected chi connectivity index (χ1v) is 35.7. The molecule has 28 nitrogen and oxygen atoms in total. The smallest absolute Gasteiger partial charge is 0.269 e. The van der Waals surface area contributed by atoms with Crippen LogP contribution >= 0.6 is 11.6 Å². The maximum atomic E-state index is 12.3. The molecular formula is C83H96ClN13O15. The first-order chi connectivity index (χ1) is 53.4. The molecule has 0 radical (unpaired) electrons. The number of ketones is 6. The molecule has 9 amide bonds. The number of aromatic nitrogens is 1. The van der Waals surface area contributed by atoms with E-state index in [4.69, 9.17) is 28.8 Å². The third-order valence-electron chi connectivity index (χ3n) is 15.5. The lowest BCUT2D eigenvalue weighted by atomic mass is 10.0. The molecule has 29 heteroatoms. The fourth-order valence-electron chi connectivity index (χ4n) is 9.83. The lowest BCUT2D eigenvalue weighted by Crippen LogP contribution is -2.26. The van der Waals surface area contributed by atoms with Gasteiger partial charge in [-0.2, -0.15) is 0 Å². The molecule has 0 aliphatic rings. The number of Topliss-reactive ketones (excluding diaryl/α,β-unsaturated/α-hetero) is 6. The van der Waals surface area contributed by atoms with E-state index in [1.807, 2.05) is 58.0 Å². The molecule has 590 valence electrons. The third-order valence-corrected chi connectivity index (χ3v) is 15.8. The van der Waals surface area contributed by atoms with Gasteiger partial charge in [0.2, 0.25) is 42.9 Å². The van der Waals surface area contributed by atoms with Gasteiger partial charge in [-0.05, 0) is 131 Å². The fourth-order valence-corrected chi connectivity index (χ4v) is 10.0. The van der Waals surface area contributed by atoms with Gasteiger partial charge in [0, 0.05) is 172 Å². The highest BCUT2D eigenvalue weighted by Crippen LogP contribution is 2.23. The highest BCUT2D eigenvalue weighted by Gasteiger charge is 2.18. The molecule has 7 aromatic carbocycles. The Hall–Kier alpha value is -13.4. The van der Waals surface area contributed by atoms with Gasteiger partial charge in [-0.15, -0.1) is 0 Å². The van der Waals surface area contributed by atoms with E-state index < -0.39 is 0 Å². The minimum atomic E-state index is -0.291. The second-order valence-corrected chi connectivity index (χ2v) is 25.1. The minimum Gasteiger partial charge on any atom is -0.398 e. The first-order valence-electron chi connectivity index (χ1n) is 35.3. The van der Waals surface area contributed by atoms with E-state index in [1.54, 1.807) is 141 Å². The van der Waals surface area contributed by atoms with Gasteiger partial charge in [-0.1, -0.05) is 101 Å². The van der Waals surface area contributed by atoms with E-state index in [0.717, 1.165) is 22.3 Å². The Morgan fingerprint density at radius 3 is 1.08 bits per heavy atom. The average molecular weight is 1550 g/mol. The number of nitrogens with two attached hydrogens (primary N) is 3. The van der Waals surface area contributed by atoms with Crippen molar-refractivity contribution in [1.82, 2.24) is 36.9 Å². The number of para-hydroxylation sites is 1. The van der Waals surface area contributed by atoms with Gasteiger partial charge < -0.3 is 65.1 Å². The summed E-state index contributed by atoms with van der Waals surface area (Å²) in [5, 5.41) is 23.7. The van der Waals surface area contributed by atoms with Crippen LogP contribution in [0.4, 0.5) is 34.1 Å². The molecule has 0 aliphatic carbocycles. The average Bonchev–Trinajstić information content (AvgIpc) is 0.868. The van der Waals surface area contributed by atoms with E-state index >= 15 is 0 Å². The van der Waals surface area contributed by atoms with Crippen LogP contribution in [-0.4, -0.2) is 134 Å². The lowest BCUT2D eigenvalue weighted by Gasteiger charge is -2.09. The zero-order valence-electron chi connectivity index (χ0n) is 63.8. The number of anilines is 6. The normalized spacial score (nSPS) is 9.87. The van der Waals surface area contributed by atoms with Crippen LogP contribution in [0, 0.1) is 27.7 Å². The van der Waals surface area contributed by atoms with Crippen LogP contribution in [0.2, 0.25) is 5.02 Å². The van der Waals surface area contributed by atoms with Crippen molar-refractivity contribution in [3.63, 3.8) is 0 Å². The second kappa shape index (κ2) is 51.1. The summed E-state index contributed by atoms with van der Waals surface area (Å²) in [6.45, 7) is 15.2. The number of nitrogen functional groups attached to an aromatic ring is 3. The van der Waals surface area contributed by atoms with Crippen LogP contribution in [-0.2, 0) is 33.6 Å². The van der Waals surface area contributed by atoms with E-state index in [1.165, 1.54) is 26.8 Å².